The Hall–Kier alpha value is -3.42. The number of benzene rings is 2. The summed E-state index contributed by atoms with van der Waals surface area (Å²) in [4.78, 5) is 14.6. The zero-order valence-electron chi connectivity index (χ0n) is 17.4. The minimum atomic E-state index is -4.50. The largest absolute Gasteiger partial charge is 0.416 e. The average Bonchev–Trinajstić information content (AvgIpc) is 3.09. The first-order chi connectivity index (χ1) is 15.4. The fraction of sp³-hybridized carbons (Fsp3) is 0.292. The van der Waals surface area contributed by atoms with E-state index in [1.54, 1.807) is 24.3 Å². The molecule has 0 radical (unpaired) electrons. The van der Waals surface area contributed by atoms with Gasteiger partial charge >= 0.3 is 6.18 Å². The molecule has 1 aliphatic heterocycles. The molecule has 3 aromatic rings. The van der Waals surface area contributed by atoms with Gasteiger partial charge in [-0.05, 0) is 55.3 Å². The third kappa shape index (κ3) is 5.25. The molecule has 1 aromatic heterocycles. The second-order valence-corrected chi connectivity index (χ2v) is 7.79. The van der Waals surface area contributed by atoms with E-state index in [0.29, 0.717) is 11.4 Å². The molecule has 0 aliphatic carbocycles. The van der Waals surface area contributed by atoms with Crippen LogP contribution in [0.3, 0.4) is 0 Å². The zero-order chi connectivity index (χ0) is 22.6. The molecule has 8 heteroatoms. The molecule has 0 unspecified atom stereocenters. The van der Waals surface area contributed by atoms with Gasteiger partial charge in [0.15, 0.2) is 5.82 Å². The van der Waals surface area contributed by atoms with Crippen LogP contribution in [0, 0.1) is 0 Å². The van der Waals surface area contributed by atoms with Gasteiger partial charge in [0.05, 0.1) is 11.3 Å². The maximum atomic E-state index is 12.9. The molecule has 1 aliphatic rings. The number of alkyl halides is 3. The van der Waals surface area contributed by atoms with Crippen molar-refractivity contribution >= 4 is 17.4 Å². The van der Waals surface area contributed by atoms with E-state index >= 15 is 0 Å². The van der Waals surface area contributed by atoms with Crippen LogP contribution >= 0.6 is 0 Å². The maximum absolute atomic E-state index is 12.9. The van der Waals surface area contributed by atoms with Crippen LogP contribution in [0.4, 0.5) is 24.7 Å². The molecule has 32 heavy (non-hydrogen) atoms. The number of nitrogens with zero attached hydrogens (tertiary/aromatic N) is 3. The van der Waals surface area contributed by atoms with Gasteiger partial charge < -0.3 is 10.2 Å². The van der Waals surface area contributed by atoms with E-state index in [1.807, 2.05) is 12.1 Å². The van der Waals surface area contributed by atoms with Crippen molar-refractivity contribution in [1.29, 1.82) is 0 Å². The van der Waals surface area contributed by atoms with Crippen molar-refractivity contribution in [3.8, 4) is 11.3 Å². The van der Waals surface area contributed by atoms with E-state index in [2.05, 4.69) is 20.4 Å². The van der Waals surface area contributed by atoms with Gasteiger partial charge in [-0.1, -0.05) is 31.0 Å². The highest BCUT2D eigenvalue weighted by atomic mass is 19.4. The van der Waals surface area contributed by atoms with Gasteiger partial charge in [-0.2, -0.15) is 13.2 Å². The van der Waals surface area contributed by atoms with Gasteiger partial charge in [0.2, 0.25) is 0 Å². The van der Waals surface area contributed by atoms with E-state index < -0.39 is 17.6 Å². The molecular formula is C24H23F3N4O. The van der Waals surface area contributed by atoms with E-state index in [9.17, 15) is 18.0 Å². The van der Waals surface area contributed by atoms with Gasteiger partial charge in [0, 0.05) is 29.9 Å². The third-order valence-electron chi connectivity index (χ3n) is 5.47. The first kappa shape index (κ1) is 21.8. The Morgan fingerprint density at radius 2 is 1.59 bits per heavy atom. The summed E-state index contributed by atoms with van der Waals surface area (Å²) in [6.07, 6.45) is 0.327. The minimum Gasteiger partial charge on any atom is -0.355 e. The van der Waals surface area contributed by atoms with Crippen molar-refractivity contribution in [3.05, 3.63) is 71.8 Å². The summed E-state index contributed by atoms with van der Waals surface area (Å²) >= 11 is 0. The number of hydrogen-bond acceptors (Lipinski definition) is 4. The summed E-state index contributed by atoms with van der Waals surface area (Å²) in [5.41, 5.74) is 1.10. The predicted octanol–water partition coefficient (Wildman–Crippen LogP) is 5.80. The Morgan fingerprint density at radius 1 is 0.875 bits per heavy atom. The fourth-order valence-electron chi connectivity index (χ4n) is 3.71. The number of rotatable bonds is 4. The second kappa shape index (κ2) is 9.38. The van der Waals surface area contributed by atoms with Gasteiger partial charge in [-0.3, -0.25) is 4.79 Å². The lowest BCUT2D eigenvalue weighted by Gasteiger charge is -2.20. The lowest BCUT2D eigenvalue weighted by Crippen LogP contribution is -2.25. The number of anilines is 2. The predicted molar refractivity (Wildman–Crippen MR) is 118 cm³/mol. The summed E-state index contributed by atoms with van der Waals surface area (Å²) in [7, 11) is 0. The smallest absolute Gasteiger partial charge is 0.355 e. The number of hydrogen-bond donors (Lipinski definition) is 1. The maximum Gasteiger partial charge on any atom is 0.416 e. The molecular weight excluding hydrogens is 417 g/mol. The Bertz CT molecular complexity index is 1060. The van der Waals surface area contributed by atoms with Crippen LogP contribution in [0.25, 0.3) is 11.3 Å². The van der Waals surface area contributed by atoms with Crippen molar-refractivity contribution in [2.45, 2.75) is 31.9 Å². The fourth-order valence-corrected chi connectivity index (χ4v) is 3.71. The Labute approximate surface area is 184 Å². The number of halogens is 3. The summed E-state index contributed by atoms with van der Waals surface area (Å²) in [5.74, 6) is 0.270. The molecule has 0 saturated carbocycles. The number of amides is 1. The molecule has 166 valence electrons. The summed E-state index contributed by atoms with van der Waals surface area (Å²) in [5, 5.41) is 11.3. The number of carbonyl (C=O) groups is 1. The van der Waals surface area contributed by atoms with Crippen LogP contribution < -0.4 is 10.2 Å². The Morgan fingerprint density at radius 3 is 2.22 bits per heavy atom. The van der Waals surface area contributed by atoms with Crippen molar-refractivity contribution in [2.75, 3.05) is 23.3 Å². The summed E-state index contributed by atoms with van der Waals surface area (Å²) in [6, 6.07) is 15.2. The van der Waals surface area contributed by atoms with Crippen LogP contribution in [-0.4, -0.2) is 29.2 Å². The highest BCUT2D eigenvalue weighted by Gasteiger charge is 2.30. The molecule has 5 nitrogen and oxygen atoms in total. The quantitative estimate of drug-likeness (QED) is 0.558. The Kier molecular flexibility index (Phi) is 6.39. The summed E-state index contributed by atoms with van der Waals surface area (Å²) < 4.78 is 38.6. The van der Waals surface area contributed by atoms with Crippen LogP contribution in [0.5, 0.6) is 0 Å². The zero-order valence-corrected chi connectivity index (χ0v) is 17.4. The van der Waals surface area contributed by atoms with Gasteiger partial charge in [0.1, 0.15) is 0 Å². The van der Waals surface area contributed by atoms with E-state index in [1.165, 1.54) is 25.0 Å². The lowest BCUT2D eigenvalue weighted by atomic mass is 10.1. The highest BCUT2D eigenvalue weighted by Crippen LogP contribution is 2.30. The van der Waals surface area contributed by atoms with Gasteiger partial charge in [-0.25, -0.2) is 0 Å². The number of carbonyl (C=O) groups excluding carboxylic acids is 1. The van der Waals surface area contributed by atoms with E-state index in [4.69, 9.17) is 0 Å². The monoisotopic (exact) mass is 440 g/mol. The van der Waals surface area contributed by atoms with E-state index in [-0.39, 0.29) is 5.56 Å². The SMILES string of the molecule is O=C(Nc1ccc(-c2ccc(N3CCCCCC3)nn2)cc1)c1cccc(C(F)(F)F)c1. The second-order valence-electron chi connectivity index (χ2n) is 7.79. The molecule has 0 atom stereocenters. The molecule has 1 fully saturated rings. The first-order valence-corrected chi connectivity index (χ1v) is 10.6. The molecule has 2 aromatic carbocycles. The topological polar surface area (TPSA) is 58.1 Å². The molecule has 1 N–H and O–H groups in total. The molecule has 0 bridgehead atoms. The molecule has 1 saturated heterocycles. The number of nitrogens with one attached hydrogen (secondary N) is 1. The molecule has 4 rings (SSSR count). The van der Waals surface area contributed by atoms with Crippen LogP contribution in [0.2, 0.25) is 0 Å². The normalized spacial score (nSPS) is 14.7. The van der Waals surface area contributed by atoms with Crippen LogP contribution in [0.15, 0.2) is 60.7 Å². The molecule has 2 heterocycles. The standard InChI is InChI=1S/C24H23F3N4O/c25-24(26,27)19-7-5-6-18(16-19)23(32)28-20-10-8-17(9-11-20)21-12-13-22(30-29-21)31-14-3-1-2-4-15-31/h5-13,16H,1-4,14-15H2,(H,28,32). The Balaban J connectivity index is 1.42. The molecule has 1 amide bonds. The lowest BCUT2D eigenvalue weighted by molar-refractivity contribution is -0.137. The van der Waals surface area contributed by atoms with Crippen molar-refractivity contribution < 1.29 is 18.0 Å². The average molecular weight is 440 g/mol. The van der Waals surface area contributed by atoms with Gasteiger partial charge in [-0.15, -0.1) is 10.2 Å². The first-order valence-electron chi connectivity index (χ1n) is 10.6. The third-order valence-corrected chi connectivity index (χ3v) is 5.47. The van der Waals surface area contributed by atoms with Crippen molar-refractivity contribution in [1.82, 2.24) is 10.2 Å². The van der Waals surface area contributed by atoms with Crippen molar-refractivity contribution in [2.24, 2.45) is 0 Å². The molecule has 0 spiro atoms. The van der Waals surface area contributed by atoms with Gasteiger partial charge in [0.25, 0.3) is 5.91 Å². The van der Waals surface area contributed by atoms with E-state index in [0.717, 1.165) is 49.4 Å². The highest BCUT2D eigenvalue weighted by molar-refractivity contribution is 6.04. The number of aromatic nitrogens is 2. The minimum absolute atomic E-state index is 0.0566. The summed E-state index contributed by atoms with van der Waals surface area (Å²) in [6.45, 7) is 1.99. The van der Waals surface area contributed by atoms with Crippen LogP contribution in [-0.2, 0) is 6.18 Å². The van der Waals surface area contributed by atoms with Crippen molar-refractivity contribution in [3.63, 3.8) is 0 Å². The van der Waals surface area contributed by atoms with Crippen LogP contribution in [0.1, 0.15) is 41.6 Å².